The third kappa shape index (κ3) is 3.63. The van der Waals surface area contributed by atoms with Gasteiger partial charge < -0.3 is 4.74 Å². The number of aryl methyl sites for hydroxylation is 1. The third-order valence-electron chi connectivity index (χ3n) is 2.76. The maximum atomic E-state index is 11.0. The second-order valence-electron chi connectivity index (χ2n) is 4.27. The van der Waals surface area contributed by atoms with Gasteiger partial charge in [0, 0.05) is 16.2 Å². The molecule has 0 saturated heterocycles. The molecule has 6 nitrogen and oxygen atoms in total. The van der Waals surface area contributed by atoms with Crippen LogP contribution in [0.3, 0.4) is 0 Å². The van der Waals surface area contributed by atoms with E-state index in [2.05, 4.69) is 20.9 Å². The Morgan fingerprint density at radius 2 is 2.14 bits per heavy atom. The SMILES string of the molecule is Cc1ccc(OCc2ccc(Br)cc2[N+](=O)[O-])c(C=O)n1. The number of carbonyl (C=O) groups excluding carboxylic acids is 1. The van der Waals surface area contributed by atoms with Gasteiger partial charge in [-0.3, -0.25) is 14.9 Å². The van der Waals surface area contributed by atoms with Gasteiger partial charge in [0.1, 0.15) is 18.1 Å². The Hall–Kier alpha value is -2.28. The molecule has 0 radical (unpaired) electrons. The lowest BCUT2D eigenvalue weighted by Gasteiger charge is -2.09. The van der Waals surface area contributed by atoms with E-state index in [4.69, 9.17) is 4.74 Å². The minimum absolute atomic E-state index is 0.0187. The fraction of sp³-hybridized carbons (Fsp3) is 0.143. The first kappa shape index (κ1) is 15.1. The van der Waals surface area contributed by atoms with E-state index in [0.29, 0.717) is 27.8 Å². The maximum absolute atomic E-state index is 11.0. The molecule has 7 heteroatoms. The number of hydrogen-bond donors (Lipinski definition) is 0. The molecule has 0 unspecified atom stereocenters. The van der Waals surface area contributed by atoms with Crippen LogP contribution >= 0.6 is 15.9 Å². The molecule has 0 aliphatic rings. The van der Waals surface area contributed by atoms with Gasteiger partial charge in [-0.1, -0.05) is 15.9 Å². The van der Waals surface area contributed by atoms with E-state index in [9.17, 15) is 14.9 Å². The van der Waals surface area contributed by atoms with Gasteiger partial charge in [0.15, 0.2) is 6.29 Å². The van der Waals surface area contributed by atoms with Gasteiger partial charge in [-0.2, -0.15) is 0 Å². The van der Waals surface area contributed by atoms with E-state index < -0.39 is 4.92 Å². The van der Waals surface area contributed by atoms with Gasteiger partial charge in [-0.05, 0) is 31.2 Å². The minimum atomic E-state index is -0.475. The summed E-state index contributed by atoms with van der Waals surface area (Å²) in [6, 6.07) is 8.03. The first-order valence-electron chi connectivity index (χ1n) is 5.99. The average molecular weight is 351 g/mol. The summed E-state index contributed by atoms with van der Waals surface area (Å²) in [4.78, 5) is 25.5. The number of nitro benzene ring substituents is 1. The number of benzene rings is 1. The summed E-state index contributed by atoms with van der Waals surface area (Å²) in [5.74, 6) is 0.299. The molecule has 0 atom stereocenters. The molecule has 0 N–H and O–H groups in total. The van der Waals surface area contributed by atoms with Crippen molar-refractivity contribution in [1.29, 1.82) is 0 Å². The van der Waals surface area contributed by atoms with E-state index in [1.54, 1.807) is 31.2 Å². The predicted molar refractivity (Wildman–Crippen MR) is 79.5 cm³/mol. The smallest absolute Gasteiger partial charge is 0.277 e. The zero-order valence-electron chi connectivity index (χ0n) is 11.1. The standard InChI is InChI=1S/C14H11BrN2O4/c1-9-2-5-14(12(7-18)16-9)21-8-10-3-4-11(15)6-13(10)17(19)20/h2-7H,8H2,1H3. The Balaban J connectivity index is 2.24. The van der Waals surface area contributed by atoms with E-state index in [1.807, 2.05) is 0 Å². The molecule has 0 spiro atoms. The van der Waals surface area contributed by atoms with Crippen LogP contribution in [0.1, 0.15) is 21.7 Å². The lowest BCUT2D eigenvalue weighted by molar-refractivity contribution is -0.385. The normalized spacial score (nSPS) is 10.2. The average Bonchev–Trinajstić information content (AvgIpc) is 2.46. The van der Waals surface area contributed by atoms with Crippen LogP contribution in [0, 0.1) is 17.0 Å². The van der Waals surface area contributed by atoms with E-state index in [0.717, 1.165) is 0 Å². The van der Waals surface area contributed by atoms with Crippen molar-refractivity contribution in [2.75, 3.05) is 0 Å². The van der Waals surface area contributed by atoms with Crippen LogP contribution < -0.4 is 4.74 Å². The summed E-state index contributed by atoms with van der Waals surface area (Å²) in [6.07, 6.45) is 0.596. The first-order valence-corrected chi connectivity index (χ1v) is 6.79. The van der Waals surface area contributed by atoms with Crippen molar-refractivity contribution in [1.82, 2.24) is 4.98 Å². The number of aldehydes is 1. The Morgan fingerprint density at radius 1 is 1.38 bits per heavy atom. The zero-order valence-corrected chi connectivity index (χ0v) is 12.7. The van der Waals surface area contributed by atoms with Crippen LogP contribution in [0.2, 0.25) is 0 Å². The second kappa shape index (κ2) is 6.45. The molecule has 0 amide bonds. The Morgan fingerprint density at radius 3 is 2.81 bits per heavy atom. The van der Waals surface area contributed by atoms with Crippen LogP contribution in [0.15, 0.2) is 34.8 Å². The summed E-state index contributed by atoms with van der Waals surface area (Å²) < 4.78 is 6.10. The molecule has 1 aromatic heterocycles. The topological polar surface area (TPSA) is 82.3 Å². The highest BCUT2D eigenvalue weighted by molar-refractivity contribution is 9.10. The summed E-state index contributed by atoms with van der Waals surface area (Å²) in [6.45, 7) is 1.74. The summed E-state index contributed by atoms with van der Waals surface area (Å²) in [7, 11) is 0. The van der Waals surface area contributed by atoms with Gasteiger partial charge in [0.25, 0.3) is 5.69 Å². The molecule has 0 aliphatic carbocycles. The van der Waals surface area contributed by atoms with Crippen molar-refractivity contribution in [2.45, 2.75) is 13.5 Å². The van der Waals surface area contributed by atoms with Crippen LogP contribution in [-0.2, 0) is 6.61 Å². The number of nitro groups is 1. The molecule has 0 fully saturated rings. The molecule has 1 aromatic carbocycles. The Labute approximate surface area is 129 Å². The summed E-state index contributed by atoms with van der Waals surface area (Å²) >= 11 is 3.19. The van der Waals surface area contributed by atoms with Gasteiger partial charge in [0.05, 0.1) is 10.5 Å². The molecule has 0 aliphatic heterocycles. The molecule has 108 valence electrons. The van der Waals surface area contributed by atoms with Crippen LogP contribution in [0.25, 0.3) is 0 Å². The zero-order chi connectivity index (χ0) is 15.4. The van der Waals surface area contributed by atoms with Crippen molar-refractivity contribution < 1.29 is 14.5 Å². The number of nitrogens with zero attached hydrogens (tertiary/aromatic N) is 2. The number of carbonyl (C=O) groups is 1. The minimum Gasteiger partial charge on any atom is -0.486 e. The predicted octanol–water partition coefficient (Wildman–Crippen LogP) is 3.45. The monoisotopic (exact) mass is 350 g/mol. The highest BCUT2D eigenvalue weighted by atomic mass is 79.9. The van der Waals surface area contributed by atoms with Crippen LogP contribution in [0.5, 0.6) is 5.75 Å². The summed E-state index contributed by atoms with van der Waals surface area (Å²) in [5.41, 5.74) is 1.24. The number of pyridine rings is 1. The number of hydrogen-bond acceptors (Lipinski definition) is 5. The Bertz CT molecular complexity index is 703. The molecule has 2 rings (SSSR count). The van der Waals surface area contributed by atoms with Crippen molar-refractivity contribution in [3.05, 3.63) is 61.9 Å². The van der Waals surface area contributed by atoms with Gasteiger partial charge in [-0.25, -0.2) is 4.98 Å². The van der Waals surface area contributed by atoms with E-state index >= 15 is 0 Å². The second-order valence-corrected chi connectivity index (χ2v) is 5.19. The lowest BCUT2D eigenvalue weighted by Crippen LogP contribution is -2.03. The highest BCUT2D eigenvalue weighted by Gasteiger charge is 2.15. The lowest BCUT2D eigenvalue weighted by atomic mass is 10.2. The largest absolute Gasteiger partial charge is 0.486 e. The molecule has 0 bridgehead atoms. The summed E-state index contributed by atoms with van der Waals surface area (Å²) in [5, 5.41) is 11.0. The number of halogens is 1. The van der Waals surface area contributed by atoms with Crippen LogP contribution in [0.4, 0.5) is 5.69 Å². The van der Waals surface area contributed by atoms with E-state index in [-0.39, 0.29) is 18.0 Å². The highest BCUT2D eigenvalue weighted by Crippen LogP contribution is 2.25. The number of rotatable bonds is 5. The molecule has 21 heavy (non-hydrogen) atoms. The van der Waals surface area contributed by atoms with Crippen molar-refractivity contribution >= 4 is 27.9 Å². The molecular formula is C14H11BrN2O4. The van der Waals surface area contributed by atoms with Crippen molar-refractivity contribution in [3.8, 4) is 5.75 Å². The maximum Gasteiger partial charge on any atom is 0.277 e. The van der Waals surface area contributed by atoms with Gasteiger partial charge >= 0.3 is 0 Å². The fourth-order valence-corrected chi connectivity index (χ4v) is 2.10. The fourth-order valence-electron chi connectivity index (χ4n) is 1.76. The van der Waals surface area contributed by atoms with Gasteiger partial charge in [-0.15, -0.1) is 0 Å². The van der Waals surface area contributed by atoms with Crippen molar-refractivity contribution in [2.24, 2.45) is 0 Å². The van der Waals surface area contributed by atoms with E-state index in [1.165, 1.54) is 6.07 Å². The first-order chi connectivity index (χ1) is 10.0. The number of ether oxygens (including phenoxy) is 1. The molecule has 1 heterocycles. The van der Waals surface area contributed by atoms with Gasteiger partial charge in [0.2, 0.25) is 0 Å². The Kier molecular flexibility index (Phi) is 4.64. The molecular weight excluding hydrogens is 340 g/mol. The quantitative estimate of drug-likeness (QED) is 0.468. The van der Waals surface area contributed by atoms with Crippen molar-refractivity contribution in [3.63, 3.8) is 0 Å². The third-order valence-corrected chi connectivity index (χ3v) is 3.26. The molecule has 2 aromatic rings. The number of aromatic nitrogens is 1. The molecule has 0 saturated carbocycles. The van der Waals surface area contributed by atoms with Crippen LogP contribution in [-0.4, -0.2) is 16.2 Å².